The Hall–Kier alpha value is -1.72. The SMILES string of the molecule is COC[C@@H](Cc1ccccc1)N(C)C(=O)c1cscn1. The summed E-state index contributed by atoms with van der Waals surface area (Å²) in [5.41, 5.74) is 3.35. The number of benzene rings is 1. The Balaban J connectivity index is 2.09. The van der Waals surface area contributed by atoms with Crippen molar-refractivity contribution in [3.63, 3.8) is 0 Å². The third-order valence-electron chi connectivity index (χ3n) is 3.19. The van der Waals surface area contributed by atoms with Crippen LogP contribution in [-0.4, -0.2) is 42.6 Å². The number of aromatic nitrogens is 1. The fourth-order valence-corrected chi connectivity index (χ4v) is 2.58. The van der Waals surface area contributed by atoms with Crippen molar-refractivity contribution in [1.82, 2.24) is 9.88 Å². The summed E-state index contributed by atoms with van der Waals surface area (Å²) in [6.07, 6.45) is 0.765. The molecule has 0 aliphatic carbocycles. The molecule has 0 saturated heterocycles. The number of rotatable bonds is 6. The molecule has 0 aliphatic heterocycles. The Labute approximate surface area is 123 Å². The molecule has 0 bridgehead atoms. The van der Waals surface area contributed by atoms with Gasteiger partial charge in [0.05, 0.1) is 18.2 Å². The molecule has 1 heterocycles. The van der Waals surface area contributed by atoms with E-state index in [2.05, 4.69) is 17.1 Å². The number of thiazole rings is 1. The number of amides is 1. The van der Waals surface area contributed by atoms with Gasteiger partial charge in [-0.05, 0) is 12.0 Å². The van der Waals surface area contributed by atoms with E-state index in [1.165, 1.54) is 16.9 Å². The van der Waals surface area contributed by atoms with Gasteiger partial charge in [-0.3, -0.25) is 4.79 Å². The molecule has 5 heteroatoms. The standard InChI is InChI=1S/C15H18N2O2S/c1-17(15(18)14-10-20-11-16-14)13(9-19-2)8-12-6-4-3-5-7-12/h3-7,10-11,13H,8-9H2,1-2H3/t13-/m1/s1. The zero-order chi connectivity index (χ0) is 14.4. The van der Waals surface area contributed by atoms with Crippen molar-refractivity contribution in [3.8, 4) is 0 Å². The molecule has 2 rings (SSSR count). The van der Waals surface area contributed by atoms with Gasteiger partial charge < -0.3 is 9.64 Å². The molecule has 1 aromatic carbocycles. The van der Waals surface area contributed by atoms with E-state index in [0.29, 0.717) is 12.3 Å². The first-order chi connectivity index (χ1) is 9.72. The van der Waals surface area contributed by atoms with Crippen LogP contribution >= 0.6 is 11.3 Å². The van der Waals surface area contributed by atoms with Gasteiger partial charge in [-0.15, -0.1) is 11.3 Å². The van der Waals surface area contributed by atoms with Crippen LogP contribution in [0.3, 0.4) is 0 Å². The first kappa shape index (κ1) is 14.7. The van der Waals surface area contributed by atoms with Gasteiger partial charge in [-0.2, -0.15) is 0 Å². The maximum absolute atomic E-state index is 12.3. The van der Waals surface area contributed by atoms with E-state index in [1.54, 1.807) is 29.9 Å². The molecule has 1 amide bonds. The first-order valence-electron chi connectivity index (χ1n) is 6.40. The second-order valence-electron chi connectivity index (χ2n) is 4.59. The Bertz CT molecular complexity index is 528. The normalized spacial score (nSPS) is 12.1. The lowest BCUT2D eigenvalue weighted by Gasteiger charge is -2.27. The zero-order valence-electron chi connectivity index (χ0n) is 11.7. The molecule has 2 aromatic rings. The van der Waals surface area contributed by atoms with Crippen LogP contribution < -0.4 is 0 Å². The minimum absolute atomic E-state index is 0.00315. The minimum Gasteiger partial charge on any atom is -0.383 e. The largest absolute Gasteiger partial charge is 0.383 e. The average molecular weight is 290 g/mol. The predicted molar refractivity (Wildman–Crippen MR) is 80.0 cm³/mol. The third kappa shape index (κ3) is 3.65. The van der Waals surface area contributed by atoms with Crippen LogP contribution in [0.15, 0.2) is 41.2 Å². The summed E-state index contributed by atoms with van der Waals surface area (Å²) in [7, 11) is 3.45. The van der Waals surface area contributed by atoms with Crippen molar-refractivity contribution in [1.29, 1.82) is 0 Å². The van der Waals surface area contributed by atoms with Crippen molar-refractivity contribution in [2.75, 3.05) is 20.8 Å². The van der Waals surface area contributed by atoms with Crippen molar-refractivity contribution in [2.45, 2.75) is 12.5 Å². The van der Waals surface area contributed by atoms with Crippen molar-refractivity contribution in [3.05, 3.63) is 52.5 Å². The molecule has 0 fully saturated rings. The Morgan fingerprint density at radius 1 is 1.40 bits per heavy atom. The molecule has 0 radical (unpaired) electrons. The zero-order valence-corrected chi connectivity index (χ0v) is 12.5. The highest BCUT2D eigenvalue weighted by atomic mass is 32.1. The topological polar surface area (TPSA) is 42.4 Å². The van der Waals surface area contributed by atoms with Crippen LogP contribution in [0.2, 0.25) is 0 Å². The third-order valence-corrected chi connectivity index (χ3v) is 3.78. The van der Waals surface area contributed by atoms with Crippen LogP contribution in [0.4, 0.5) is 0 Å². The number of ether oxygens (including phenoxy) is 1. The van der Waals surface area contributed by atoms with Crippen LogP contribution in [0, 0.1) is 0 Å². The number of hydrogen-bond donors (Lipinski definition) is 0. The molecule has 1 atom stereocenters. The molecule has 0 N–H and O–H groups in total. The summed E-state index contributed by atoms with van der Waals surface area (Å²) >= 11 is 1.42. The highest BCUT2D eigenvalue weighted by Gasteiger charge is 2.22. The molecule has 0 saturated carbocycles. The van der Waals surface area contributed by atoms with Crippen LogP contribution in [0.1, 0.15) is 16.1 Å². The van der Waals surface area contributed by atoms with E-state index in [0.717, 1.165) is 6.42 Å². The molecular formula is C15H18N2O2S. The second kappa shape index (κ2) is 7.17. The summed E-state index contributed by atoms with van der Waals surface area (Å²) in [5, 5.41) is 1.77. The number of methoxy groups -OCH3 is 1. The maximum Gasteiger partial charge on any atom is 0.273 e. The smallest absolute Gasteiger partial charge is 0.273 e. The molecular weight excluding hydrogens is 272 g/mol. The molecule has 0 aliphatic rings. The van der Waals surface area contributed by atoms with Gasteiger partial charge in [0.2, 0.25) is 0 Å². The highest BCUT2D eigenvalue weighted by Crippen LogP contribution is 2.12. The quantitative estimate of drug-likeness (QED) is 0.821. The van der Waals surface area contributed by atoms with Crippen molar-refractivity contribution >= 4 is 17.2 Å². The summed E-state index contributed by atoms with van der Waals surface area (Å²) in [6.45, 7) is 0.501. The monoisotopic (exact) mass is 290 g/mol. The summed E-state index contributed by atoms with van der Waals surface area (Å²) < 4.78 is 5.25. The average Bonchev–Trinajstić information content (AvgIpc) is 3.00. The van der Waals surface area contributed by atoms with Gasteiger partial charge in [-0.1, -0.05) is 30.3 Å². The first-order valence-corrected chi connectivity index (χ1v) is 7.35. The second-order valence-corrected chi connectivity index (χ2v) is 5.31. The van der Waals surface area contributed by atoms with E-state index in [9.17, 15) is 4.79 Å². The van der Waals surface area contributed by atoms with E-state index < -0.39 is 0 Å². The van der Waals surface area contributed by atoms with Gasteiger partial charge >= 0.3 is 0 Å². The van der Waals surface area contributed by atoms with Gasteiger partial charge in [-0.25, -0.2) is 4.98 Å². The number of hydrogen-bond acceptors (Lipinski definition) is 4. The lowest BCUT2D eigenvalue weighted by atomic mass is 10.1. The molecule has 0 unspecified atom stereocenters. The van der Waals surface area contributed by atoms with Gasteiger partial charge in [0, 0.05) is 19.5 Å². The minimum atomic E-state index is -0.0655. The van der Waals surface area contributed by atoms with E-state index >= 15 is 0 Å². The Morgan fingerprint density at radius 2 is 2.15 bits per heavy atom. The number of carbonyl (C=O) groups is 1. The molecule has 20 heavy (non-hydrogen) atoms. The van der Waals surface area contributed by atoms with Gasteiger partial charge in [0.1, 0.15) is 5.69 Å². The summed E-state index contributed by atoms with van der Waals surface area (Å²) in [6, 6.07) is 10.1. The fourth-order valence-electron chi connectivity index (χ4n) is 2.05. The molecule has 1 aromatic heterocycles. The van der Waals surface area contributed by atoms with E-state index in [4.69, 9.17) is 4.74 Å². The molecule has 0 spiro atoms. The van der Waals surface area contributed by atoms with Gasteiger partial charge in [0.15, 0.2) is 0 Å². The van der Waals surface area contributed by atoms with E-state index in [-0.39, 0.29) is 11.9 Å². The lowest BCUT2D eigenvalue weighted by Crippen LogP contribution is -2.41. The Morgan fingerprint density at radius 3 is 2.75 bits per heavy atom. The lowest BCUT2D eigenvalue weighted by molar-refractivity contribution is 0.0600. The van der Waals surface area contributed by atoms with Gasteiger partial charge in [0.25, 0.3) is 5.91 Å². The Kier molecular flexibility index (Phi) is 5.26. The number of likely N-dealkylation sites (N-methyl/N-ethyl adjacent to an activating group) is 1. The summed E-state index contributed by atoms with van der Waals surface area (Å²) in [4.78, 5) is 18.1. The van der Waals surface area contributed by atoms with Crippen LogP contribution in [0.25, 0.3) is 0 Å². The van der Waals surface area contributed by atoms with Crippen LogP contribution in [0.5, 0.6) is 0 Å². The maximum atomic E-state index is 12.3. The summed E-state index contributed by atoms with van der Waals surface area (Å²) in [5.74, 6) is -0.0655. The highest BCUT2D eigenvalue weighted by molar-refractivity contribution is 7.07. The van der Waals surface area contributed by atoms with Crippen molar-refractivity contribution < 1.29 is 9.53 Å². The van der Waals surface area contributed by atoms with E-state index in [1.807, 2.05) is 18.2 Å². The fraction of sp³-hybridized carbons (Fsp3) is 0.333. The predicted octanol–water partition coefficient (Wildman–Crippen LogP) is 2.47. The van der Waals surface area contributed by atoms with Crippen LogP contribution in [-0.2, 0) is 11.2 Å². The number of carbonyl (C=O) groups excluding carboxylic acids is 1. The molecule has 4 nitrogen and oxygen atoms in total. The number of nitrogens with zero attached hydrogens (tertiary/aromatic N) is 2. The molecule has 106 valence electrons. The van der Waals surface area contributed by atoms with Crippen molar-refractivity contribution in [2.24, 2.45) is 0 Å².